The Bertz CT molecular complexity index is 810. The SMILES string of the molecule is CC[C@@H](C)NC(=O)[C@H](C)N(Cc1c(Cl)cccc1Cl)C(=O)COc1ccccc1. The van der Waals surface area contributed by atoms with Gasteiger partial charge in [0.2, 0.25) is 5.91 Å². The fraction of sp³-hybridized carbons (Fsp3) is 0.364. The van der Waals surface area contributed by atoms with Crippen molar-refractivity contribution in [3.8, 4) is 5.75 Å². The minimum absolute atomic E-state index is 0.00590. The molecule has 156 valence electrons. The normalized spacial score (nSPS) is 12.7. The molecule has 2 amide bonds. The first-order valence-electron chi connectivity index (χ1n) is 9.54. The van der Waals surface area contributed by atoms with E-state index in [1.807, 2.05) is 32.0 Å². The maximum Gasteiger partial charge on any atom is 0.261 e. The summed E-state index contributed by atoms with van der Waals surface area (Å²) in [6, 6.07) is 13.5. The largest absolute Gasteiger partial charge is 0.484 e. The fourth-order valence-electron chi connectivity index (χ4n) is 2.65. The van der Waals surface area contributed by atoms with E-state index in [0.29, 0.717) is 21.4 Å². The van der Waals surface area contributed by atoms with Crippen LogP contribution in [0.4, 0.5) is 0 Å². The number of halogens is 2. The molecule has 0 bridgehead atoms. The number of para-hydroxylation sites is 1. The lowest BCUT2D eigenvalue weighted by Crippen LogP contribution is -2.50. The first-order chi connectivity index (χ1) is 13.8. The summed E-state index contributed by atoms with van der Waals surface area (Å²) in [7, 11) is 0. The Morgan fingerprint density at radius 3 is 2.24 bits per heavy atom. The van der Waals surface area contributed by atoms with Crippen molar-refractivity contribution in [2.24, 2.45) is 0 Å². The highest BCUT2D eigenvalue weighted by atomic mass is 35.5. The molecule has 2 atom stereocenters. The third-order valence-corrected chi connectivity index (χ3v) is 5.37. The Kier molecular flexibility index (Phi) is 8.80. The van der Waals surface area contributed by atoms with Crippen LogP contribution in [-0.2, 0) is 16.1 Å². The van der Waals surface area contributed by atoms with Gasteiger partial charge in [0.1, 0.15) is 11.8 Å². The zero-order chi connectivity index (χ0) is 21.4. The Hall–Kier alpha value is -2.24. The van der Waals surface area contributed by atoms with Crippen molar-refractivity contribution in [2.75, 3.05) is 6.61 Å². The number of benzene rings is 2. The molecule has 29 heavy (non-hydrogen) atoms. The van der Waals surface area contributed by atoms with Crippen molar-refractivity contribution in [3.05, 3.63) is 64.1 Å². The number of hydrogen-bond donors (Lipinski definition) is 1. The molecular weight excluding hydrogens is 411 g/mol. The lowest BCUT2D eigenvalue weighted by atomic mass is 10.1. The van der Waals surface area contributed by atoms with Gasteiger partial charge < -0.3 is 15.0 Å². The lowest BCUT2D eigenvalue weighted by molar-refractivity contribution is -0.142. The van der Waals surface area contributed by atoms with Gasteiger partial charge in [-0.1, -0.05) is 54.4 Å². The van der Waals surface area contributed by atoms with Crippen LogP contribution in [0.2, 0.25) is 10.0 Å². The van der Waals surface area contributed by atoms with Crippen molar-refractivity contribution in [1.82, 2.24) is 10.2 Å². The number of carbonyl (C=O) groups excluding carboxylic acids is 2. The molecule has 0 heterocycles. The van der Waals surface area contributed by atoms with Crippen LogP contribution < -0.4 is 10.1 Å². The van der Waals surface area contributed by atoms with Crippen LogP contribution in [0.15, 0.2) is 48.5 Å². The molecule has 0 unspecified atom stereocenters. The van der Waals surface area contributed by atoms with Gasteiger partial charge in [-0.2, -0.15) is 0 Å². The molecule has 0 aliphatic carbocycles. The molecule has 0 radical (unpaired) electrons. The average molecular weight is 437 g/mol. The van der Waals surface area contributed by atoms with E-state index in [9.17, 15) is 9.59 Å². The number of hydrogen-bond acceptors (Lipinski definition) is 3. The number of amides is 2. The van der Waals surface area contributed by atoms with Gasteiger partial charge >= 0.3 is 0 Å². The number of nitrogens with one attached hydrogen (secondary N) is 1. The standard InChI is InChI=1S/C22H26Cl2N2O3/c1-4-15(2)25-22(28)16(3)26(13-18-19(23)11-8-12-20(18)24)21(27)14-29-17-9-6-5-7-10-17/h5-12,15-16H,4,13-14H2,1-3H3,(H,25,28)/t15-,16+/m1/s1. The molecule has 0 aromatic heterocycles. The van der Waals surface area contributed by atoms with Gasteiger partial charge in [0.25, 0.3) is 5.91 Å². The predicted molar refractivity (Wildman–Crippen MR) is 116 cm³/mol. The zero-order valence-corrected chi connectivity index (χ0v) is 18.3. The Morgan fingerprint density at radius 1 is 1.03 bits per heavy atom. The fourth-order valence-corrected chi connectivity index (χ4v) is 3.16. The highest BCUT2D eigenvalue weighted by Crippen LogP contribution is 2.26. The second kappa shape index (κ2) is 11.1. The van der Waals surface area contributed by atoms with Crippen molar-refractivity contribution in [3.63, 3.8) is 0 Å². The summed E-state index contributed by atoms with van der Waals surface area (Å²) in [5.74, 6) is 0.000476. The molecule has 0 aliphatic heterocycles. The minimum Gasteiger partial charge on any atom is -0.484 e. The first kappa shape index (κ1) is 23.0. The van der Waals surface area contributed by atoms with Gasteiger partial charge in [0.05, 0.1) is 0 Å². The summed E-state index contributed by atoms with van der Waals surface area (Å²) in [6.07, 6.45) is 0.792. The van der Waals surface area contributed by atoms with Gasteiger partial charge in [-0.25, -0.2) is 0 Å². The maximum atomic E-state index is 13.0. The van der Waals surface area contributed by atoms with Crippen molar-refractivity contribution < 1.29 is 14.3 Å². The Labute approximate surface area is 181 Å². The predicted octanol–water partition coefficient (Wildman–Crippen LogP) is 4.70. The third-order valence-electron chi connectivity index (χ3n) is 4.66. The molecular formula is C22H26Cl2N2O3. The van der Waals surface area contributed by atoms with Crippen LogP contribution in [0.25, 0.3) is 0 Å². The van der Waals surface area contributed by atoms with Crippen molar-refractivity contribution >= 4 is 35.0 Å². The average Bonchev–Trinajstić information content (AvgIpc) is 2.72. The third kappa shape index (κ3) is 6.65. The van der Waals surface area contributed by atoms with E-state index < -0.39 is 6.04 Å². The summed E-state index contributed by atoms with van der Waals surface area (Å²) >= 11 is 12.6. The molecule has 0 aliphatic rings. The van der Waals surface area contributed by atoms with Gasteiger partial charge in [0, 0.05) is 28.2 Å². The molecule has 1 N–H and O–H groups in total. The second-order valence-electron chi connectivity index (χ2n) is 6.82. The number of ether oxygens (including phenoxy) is 1. The van der Waals surface area contributed by atoms with Gasteiger partial charge in [-0.15, -0.1) is 0 Å². The zero-order valence-electron chi connectivity index (χ0n) is 16.8. The van der Waals surface area contributed by atoms with E-state index in [2.05, 4.69) is 5.32 Å². The molecule has 2 aromatic rings. The maximum absolute atomic E-state index is 13.0. The van der Waals surface area contributed by atoms with E-state index in [4.69, 9.17) is 27.9 Å². The molecule has 2 aromatic carbocycles. The first-order valence-corrected chi connectivity index (χ1v) is 10.3. The smallest absolute Gasteiger partial charge is 0.261 e. The summed E-state index contributed by atoms with van der Waals surface area (Å²) in [5, 5.41) is 3.79. The van der Waals surface area contributed by atoms with E-state index in [0.717, 1.165) is 6.42 Å². The van der Waals surface area contributed by atoms with Gasteiger partial charge in [0.15, 0.2) is 6.61 Å². The van der Waals surface area contributed by atoms with E-state index in [1.165, 1.54) is 4.90 Å². The molecule has 0 saturated carbocycles. The quantitative estimate of drug-likeness (QED) is 0.619. The molecule has 0 fully saturated rings. The van der Waals surface area contributed by atoms with Crippen LogP contribution in [0.1, 0.15) is 32.8 Å². The summed E-state index contributed by atoms with van der Waals surface area (Å²) in [6.45, 7) is 5.48. The van der Waals surface area contributed by atoms with E-state index in [-0.39, 0.29) is 31.0 Å². The van der Waals surface area contributed by atoms with Crippen molar-refractivity contribution in [1.29, 1.82) is 0 Å². The van der Waals surface area contributed by atoms with Gasteiger partial charge in [-0.3, -0.25) is 9.59 Å². The Morgan fingerprint density at radius 2 is 1.66 bits per heavy atom. The van der Waals surface area contributed by atoms with Crippen LogP contribution in [-0.4, -0.2) is 35.4 Å². The number of rotatable bonds is 9. The van der Waals surface area contributed by atoms with Gasteiger partial charge in [-0.05, 0) is 44.5 Å². The highest BCUT2D eigenvalue weighted by Gasteiger charge is 2.28. The van der Waals surface area contributed by atoms with Crippen LogP contribution in [0.5, 0.6) is 5.75 Å². The lowest BCUT2D eigenvalue weighted by Gasteiger charge is -2.30. The summed E-state index contributed by atoms with van der Waals surface area (Å²) < 4.78 is 5.59. The molecule has 0 saturated heterocycles. The Balaban J connectivity index is 2.21. The number of nitrogens with zero attached hydrogens (tertiary/aromatic N) is 1. The van der Waals surface area contributed by atoms with E-state index in [1.54, 1.807) is 37.3 Å². The van der Waals surface area contributed by atoms with Crippen molar-refractivity contribution in [2.45, 2.75) is 45.8 Å². The minimum atomic E-state index is -0.719. The van der Waals surface area contributed by atoms with E-state index >= 15 is 0 Å². The number of carbonyl (C=O) groups is 2. The monoisotopic (exact) mass is 436 g/mol. The topological polar surface area (TPSA) is 58.6 Å². The second-order valence-corrected chi connectivity index (χ2v) is 7.63. The van der Waals surface area contributed by atoms with Crippen LogP contribution in [0, 0.1) is 0 Å². The molecule has 0 spiro atoms. The van der Waals surface area contributed by atoms with Crippen LogP contribution in [0.3, 0.4) is 0 Å². The highest BCUT2D eigenvalue weighted by molar-refractivity contribution is 6.36. The molecule has 5 nitrogen and oxygen atoms in total. The molecule has 2 rings (SSSR count). The summed E-state index contributed by atoms with van der Waals surface area (Å²) in [5.41, 5.74) is 0.590. The summed E-state index contributed by atoms with van der Waals surface area (Å²) in [4.78, 5) is 27.1. The van der Waals surface area contributed by atoms with Crippen LogP contribution >= 0.6 is 23.2 Å². The molecule has 7 heteroatoms.